The van der Waals surface area contributed by atoms with Gasteiger partial charge in [0.15, 0.2) is 0 Å². The summed E-state index contributed by atoms with van der Waals surface area (Å²) in [6.07, 6.45) is -2.64. The van der Waals surface area contributed by atoms with Gasteiger partial charge in [-0.1, -0.05) is 5.46 Å². The van der Waals surface area contributed by atoms with E-state index in [0.717, 1.165) is 11.7 Å². The lowest BCUT2D eigenvalue weighted by Gasteiger charge is -2.13. The molecule has 0 N–H and O–H groups in total. The molecule has 0 aromatic carbocycles. The van der Waals surface area contributed by atoms with Gasteiger partial charge in [0.1, 0.15) is 5.69 Å². The molecule has 0 saturated heterocycles. The minimum atomic E-state index is -5.41. The topological polar surface area (TPSA) is 17.8 Å². The average molecular weight is 199 g/mol. The molecule has 0 amide bonds. The number of aromatic nitrogens is 2. The van der Waals surface area contributed by atoms with Gasteiger partial charge >= 0.3 is 6.98 Å². The van der Waals surface area contributed by atoms with Crippen LogP contribution in [0.15, 0.2) is 6.20 Å². The molecule has 1 aromatic rings. The van der Waals surface area contributed by atoms with Gasteiger partial charge in [-0.2, -0.15) is 5.10 Å². The molecule has 1 aromatic heterocycles. The third kappa shape index (κ3) is 1.99. The highest BCUT2D eigenvalue weighted by Crippen LogP contribution is 2.19. The maximum Gasteiger partial charge on any atom is 0.513 e. The maximum atomic E-state index is 12.1. The summed E-state index contributed by atoms with van der Waals surface area (Å²) < 4.78 is 61.0. The molecule has 2 nitrogen and oxygen atoms in total. The molecule has 0 radical (unpaired) electrons. The van der Waals surface area contributed by atoms with Crippen LogP contribution in [0.4, 0.5) is 21.7 Å². The lowest BCUT2D eigenvalue weighted by Crippen LogP contribution is -2.35. The molecule has 1 rings (SSSR count). The molecule has 0 aliphatic rings. The molecular weight excluding hydrogens is 194 g/mol. The Kier molecular flexibility index (Phi) is 2.31. The van der Waals surface area contributed by atoms with E-state index in [4.69, 9.17) is 0 Å². The second-order valence-electron chi connectivity index (χ2n) is 2.52. The fourth-order valence-corrected chi connectivity index (χ4v) is 0.946. The van der Waals surface area contributed by atoms with E-state index in [2.05, 4.69) is 5.10 Å². The van der Waals surface area contributed by atoms with Gasteiger partial charge in [-0.15, -0.1) is 0 Å². The minimum Gasteiger partial charge on any atom is -0.445 e. The highest BCUT2D eigenvalue weighted by molar-refractivity contribution is 6.73. The Morgan fingerprint density at radius 3 is 2.23 bits per heavy atom. The summed E-state index contributed by atoms with van der Waals surface area (Å²) in [6.45, 7) is -5.41. The minimum absolute atomic E-state index is 0.557. The average Bonchev–Trinajstić information content (AvgIpc) is 2.29. The Hall–Kier alpha value is -1.08. The van der Waals surface area contributed by atoms with E-state index < -0.39 is 24.6 Å². The van der Waals surface area contributed by atoms with Crippen molar-refractivity contribution < 1.29 is 21.7 Å². The smallest absolute Gasteiger partial charge is 0.445 e. The first-order chi connectivity index (χ1) is 5.82. The van der Waals surface area contributed by atoms with Crippen LogP contribution in [0.1, 0.15) is 12.1 Å². The first-order valence-corrected chi connectivity index (χ1v) is 3.34. The normalized spacial score (nSPS) is 12.5. The predicted octanol–water partition coefficient (Wildman–Crippen LogP) is 1.41. The van der Waals surface area contributed by atoms with E-state index in [0.29, 0.717) is 6.20 Å². The zero-order chi connectivity index (χ0) is 10.2. The molecule has 0 atom stereocenters. The Morgan fingerprint density at radius 2 is 1.92 bits per heavy atom. The van der Waals surface area contributed by atoms with E-state index >= 15 is 0 Å². The monoisotopic (exact) mass is 199 g/mol. The zero-order valence-corrected chi connectivity index (χ0v) is 6.52. The van der Waals surface area contributed by atoms with E-state index in [1.807, 2.05) is 0 Å². The van der Waals surface area contributed by atoms with E-state index in [-0.39, 0.29) is 0 Å². The third-order valence-electron chi connectivity index (χ3n) is 1.45. The summed E-state index contributed by atoms with van der Waals surface area (Å²) in [5, 5.41) is 3.04. The van der Waals surface area contributed by atoms with E-state index in [1.54, 1.807) is 0 Å². The fourth-order valence-electron chi connectivity index (χ4n) is 0.946. The number of alkyl halides is 2. The van der Waals surface area contributed by atoms with Gasteiger partial charge in [0.05, 0.1) is 0 Å². The van der Waals surface area contributed by atoms with Gasteiger partial charge in [-0.3, -0.25) is 4.68 Å². The van der Waals surface area contributed by atoms with Crippen molar-refractivity contribution in [3.05, 3.63) is 11.9 Å². The Morgan fingerprint density at radius 1 is 1.38 bits per heavy atom. The molecular formula is C5H5BF5N2-. The first kappa shape index (κ1) is 10.0. The molecule has 0 bridgehead atoms. The van der Waals surface area contributed by atoms with Crippen LogP contribution in [0.5, 0.6) is 0 Å². The fraction of sp³-hybridized carbons (Fsp3) is 0.400. The molecule has 0 aliphatic heterocycles. The van der Waals surface area contributed by atoms with Crippen molar-refractivity contribution in [2.45, 2.75) is 6.43 Å². The molecule has 74 valence electrons. The first-order valence-electron chi connectivity index (χ1n) is 3.34. The molecule has 0 fully saturated rings. The third-order valence-corrected chi connectivity index (χ3v) is 1.45. The molecule has 1 heterocycles. The number of hydrogen-bond donors (Lipinski definition) is 0. The van der Waals surface area contributed by atoms with Crippen molar-refractivity contribution in [1.82, 2.24) is 9.78 Å². The van der Waals surface area contributed by atoms with Gasteiger partial charge in [-0.25, -0.2) is 8.78 Å². The Labute approximate surface area is 70.4 Å². The SMILES string of the molecule is Cn1cc([B-](F)(F)F)c(C(F)F)n1. The summed E-state index contributed by atoms with van der Waals surface area (Å²) in [6, 6.07) is 0. The van der Waals surface area contributed by atoms with Crippen LogP contribution in [0, 0.1) is 0 Å². The van der Waals surface area contributed by atoms with Gasteiger partial charge in [-0.05, 0) is 6.20 Å². The second-order valence-corrected chi connectivity index (χ2v) is 2.52. The number of hydrogen-bond acceptors (Lipinski definition) is 1. The number of halogens is 5. The second kappa shape index (κ2) is 3.00. The zero-order valence-electron chi connectivity index (χ0n) is 6.52. The summed E-state index contributed by atoms with van der Waals surface area (Å²) >= 11 is 0. The van der Waals surface area contributed by atoms with Crippen LogP contribution in [-0.4, -0.2) is 16.8 Å². The maximum absolute atomic E-state index is 12.1. The van der Waals surface area contributed by atoms with E-state index in [1.165, 1.54) is 0 Å². The van der Waals surface area contributed by atoms with Gasteiger partial charge in [0, 0.05) is 7.05 Å². The van der Waals surface area contributed by atoms with Gasteiger partial charge in [0.25, 0.3) is 6.43 Å². The van der Waals surface area contributed by atoms with E-state index in [9.17, 15) is 21.7 Å². The number of rotatable bonds is 2. The lowest BCUT2D eigenvalue weighted by atomic mass is 9.80. The molecule has 0 unspecified atom stereocenters. The Balaban J connectivity index is 3.20. The van der Waals surface area contributed by atoms with Crippen molar-refractivity contribution >= 4 is 12.4 Å². The Bertz CT molecular complexity index is 304. The van der Waals surface area contributed by atoms with Crippen LogP contribution in [0.2, 0.25) is 0 Å². The molecule has 0 spiro atoms. The molecule has 0 saturated carbocycles. The summed E-state index contributed by atoms with van der Waals surface area (Å²) in [5.74, 6) is 0. The summed E-state index contributed by atoms with van der Waals surface area (Å²) in [4.78, 5) is 0. The van der Waals surface area contributed by atoms with Crippen LogP contribution in [0.25, 0.3) is 0 Å². The highest BCUT2D eigenvalue weighted by Gasteiger charge is 2.33. The highest BCUT2D eigenvalue weighted by atomic mass is 19.4. The lowest BCUT2D eigenvalue weighted by molar-refractivity contribution is 0.146. The summed E-state index contributed by atoms with van der Waals surface area (Å²) in [7, 11) is 1.16. The molecule has 0 aliphatic carbocycles. The summed E-state index contributed by atoms with van der Waals surface area (Å²) in [5.41, 5.74) is -2.52. The van der Waals surface area contributed by atoms with Crippen molar-refractivity contribution in [3.8, 4) is 0 Å². The molecule has 8 heteroatoms. The predicted molar refractivity (Wildman–Crippen MR) is 36.9 cm³/mol. The van der Waals surface area contributed by atoms with Crippen molar-refractivity contribution in [2.24, 2.45) is 7.05 Å². The molecule has 13 heavy (non-hydrogen) atoms. The van der Waals surface area contributed by atoms with Gasteiger partial charge < -0.3 is 12.9 Å². The largest absolute Gasteiger partial charge is 0.513 e. The standard InChI is InChI=1S/C5H5BF5N2/c1-13-2-3(6(9,10)11)4(12-13)5(7)8/h2,5H,1H3/q-1. The van der Waals surface area contributed by atoms with Crippen LogP contribution < -0.4 is 5.46 Å². The van der Waals surface area contributed by atoms with Crippen molar-refractivity contribution in [2.75, 3.05) is 0 Å². The quantitative estimate of drug-likeness (QED) is 0.520. The van der Waals surface area contributed by atoms with Crippen molar-refractivity contribution in [3.63, 3.8) is 0 Å². The van der Waals surface area contributed by atoms with Crippen LogP contribution in [-0.2, 0) is 7.05 Å². The van der Waals surface area contributed by atoms with Crippen LogP contribution in [0.3, 0.4) is 0 Å². The number of aryl methyl sites for hydroxylation is 1. The van der Waals surface area contributed by atoms with Crippen molar-refractivity contribution in [1.29, 1.82) is 0 Å². The van der Waals surface area contributed by atoms with Crippen LogP contribution >= 0.6 is 0 Å². The van der Waals surface area contributed by atoms with Gasteiger partial charge in [0.2, 0.25) is 0 Å². The number of nitrogens with zero attached hydrogens (tertiary/aromatic N) is 2.